The lowest BCUT2D eigenvalue weighted by Crippen LogP contribution is -2.14. The zero-order chi connectivity index (χ0) is 13.8. The first-order valence-corrected chi connectivity index (χ1v) is 6.37. The van der Waals surface area contributed by atoms with Gasteiger partial charge in [0.1, 0.15) is 0 Å². The first-order chi connectivity index (χ1) is 9.10. The van der Waals surface area contributed by atoms with Gasteiger partial charge in [0.25, 0.3) is 0 Å². The third-order valence-corrected chi connectivity index (χ3v) is 2.97. The van der Waals surface area contributed by atoms with Gasteiger partial charge in [0.05, 0.1) is 11.9 Å². The quantitative estimate of drug-likeness (QED) is 0.913. The molecule has 0 aliphatic rings. The van der Waals surface area contributed by atoms with E-state index in [1.807, 2.05) is 14.1 Å². The molecule has 0 radical (unpaired) electrons. The highest BCUT2D eigenvalue weighted by Crippen LogP contribution is 2.23. The Balaban J connectivity index is 2.32. The number of benzene rings is 1. The summed E-state index contributed by atoms with van der Waals surface area (Å²) in [6.07, 6.45) is 3.58. The fraction of sp³-hybridized carbons (Fsp3) is 0.333. The summed E-state index contributed by atoms with van der Waals surface area (Å²) in [5.74, 6) is 0.859. The summed E-state index contributed by atoms with van der Waals surface area (Å²) in [6.45, 7) is 4.93. The third-order valence-electron chi connectivity index (χ3n) is 2.97. The van der Waals surface area contributed by atoms with E-state index >= 15 is 0 Å². The number of nitrogens with one attached hydrogen (secondary N) is 1. The van der Waals surface area contributed by atoms with Crippen LogP contribution in [-0.4, -0.2) is 24.1 Å². The first kappa shape index (κ1) is 13.5. The van der Waals surface area contributed by atoms with Crippen molar-refractivity contribution in [2.24, 2.45) is 0 Å². The van der Waals surface area contributed by atoms with Gasteiger partial charge in [-0.25, -0.2) is 4.98 Å². The molecule has 0 aliphatic heterocycles. The number of rotatable bonds is 4. The molecule has 4 heteroatoms. The van der Waals surface area contributed by atoms with Gasteiger partial charge in [0.15, 0.2) is 5.82 Å². The van der Waals surface area contributed by atoms with E-state index in [1.165, 1.54) is 11.1 Å². The van der Waals surface area contributed by atoms with Crippen molar-refractivity contribution in [3.63, 3.8) is 0 Å². The molecular formula is C15H20N4. The standard InChI is InChI=1S/C15H20N4/c1-11-5-12(2)7-14(6-11)19(4)15-10-17-9-13(18-15)8-16-3/h5-7,9-10,16H,8H2,1-4H3. The molecule has 0 saturated carbocycles. The Kier molecular flexibility index (Phi) is 4.12. The Labute approximate surface area is 114 Å². The fourth-order valence-corrected chi connectivity index (χ4v) is 2.10. The highest BCUT2D eigenvalue weighted by molar-refractivity contribution is 5.60. The Hall–Kier alpha value is -1.94. The van der Waals surface area contributed by atoms with Crippen molar-refractivity contribution in [3.8, 4) is 0 Å². The molecule has 0 saturated heterocycles. The van der Waals surface area contributed by atoms with Crippen LogP contribution in [-0.2, 0) is 6.54 Å². The van der Waals surface area contributed by atoms with Gasteiger partial charge in [-0.3, -0.25) is 4.98 Å². The van der Waals surface area contributed by atoms with Crippen LogP contribution in [0.2, 0.25) is 0 Å². The maximum absolute atomic E-state index is 4.60. The average molecular weight is 256 g/mol. The number of nitrogens with zero attached hydrogens (tertiary/aromatic N) is 3. The van der Waals surface area contributed by atoms with Crippen molar-refractivity contribution in [1.29, 1.82) is 0 Å². The fourth-order valence-electron chi connectivity index (χ4n) is 2.10. The second-order valence-corrected chi connectivity index (χ2v) is 4.80. The second-order valence-electron chi connectivity index (χ2n) is 4.80. The van der Waals surface area contributed by atoms with Crippen LogP contribution >= 0.6 is 0 Å². The van der Waals surface area contributed by atoms with Crippen molar-refractivity contribution in [2.45, 2.75) is 20.4 Å². The van der Waals surface area contributed by atoms with Crippen LogP contribution in [0.25, 0.3) is 0 Å². The molecule has 1 aromatic heterocycles. The predicted molar refractivity (Wildman–Crippen MR) is 78.8 cm³/mol. The summed E-state index contributed by atoms with van der Waals surface area (Å²) in [5, 5.41) is 3.09. The predicted octanol–water partition coefficient (Wildman–Crippen LogP) is 2.58. The Morgan fingerprint density at radius 3 is 2.42 bits per heavy atom. The Morgan fingerprint density at radius 1 is 1.11 bits per heavy atom. The van der Waals surface area contributed by atoms with Crippen LogP contribution < -0.4 is 10.2 Å². The smallest absolute Gasteiger partial charge is 0.151 e. The lowest BCUT2D eigenvalue weighted by atomic mass is 10.1. The minimum Gasteiger partial charge on any atom is -0.328 e. The summed E-state index contributed by atoms with van der Waals surface area (Å²) in [4.78, 5) is 10.9. The number of anilines is 2. The summed E-state index contributed by atoms with van der Waals surface area (Å²) in [5.41, 5.74) is 4.58. The van der Waals surface area contributed by atoms with Crippen LogP contribution in [0.4, 0.5) is 11.5 Å². The summed E-state index contributed by atoms with van der Waals surface area (Å²) < 4.78 is 0. The van der Waals surface area contributed by atoms with Crippen LogP contribution in [0, 0.1) is 13.8 Å². The lowest BCUT2D eigenvalue weighted by Gasteiger charge is -2.19. The van der Waals surface area contributed by atoms with Crippen LogP contribution in [0.3, 0.4) is 0 Å². The van der Waals surface area contributed by atoms with Gasteiger partial charge in [-0.05, 0) is 44.2 Å². The highest BCUT2D eigenvalue weighted by atomic mass is 15.2. The molecule has 100 valence electrons. The van der Waals surface area contributed by atoms with Gasteiger partial charge in [0, 0.05) is 25.5 Å². The minimum atomic E-state index is 0.724. The van der Waals surface area contributed by atoms with Gasteiger partial charge in [-0.1, -0.05) is 6.07 Å². The molecule has 19 heavy (non-hydrogen) atoms. The average Bonchev–Trinajstić information content (AvgIpc) is 2.37. The monoisotopic (exact) mass is 256 g/mol. The van der Waals surface area contributed by atoms with E-state index in [4.69, 9.17) is 0 Å². The van der Waals surface area contributed by atoms with Crippen molar-refractivity contribution in [2.75, 3.05) is 19.0 Å². The van der Waals surface area contributed by atoms with Gasteiger partial charge in [-0.15, -0.1) is 0 Å². The normalized spacial score (nSPS) is 10.5. The topological polar surface area (TPSA) is 41.1 Å². The van der Waals surface area contributed by atoms with Gasteiger partial charge < -0.3 is 10.2 Å². The molecule has 0 spiro atoms. The van der Waals surface area contributed by atoms with Crippen molar-refractivity contribution < 1.29 is 0 Å². The van der Waals surface area contributed by atoms with Crippen molar-refractivity contribution in [3.05, 3.63) is 47.4 Å². The molecule has 0 aliphatic carbocycles. The van der Waals surface area contributed by atoms with Gasteiger partial charge >= 0.3 is 0 Å². The number of aromatic nitrogens is 2. The molecule has 4 nitrogen and oxygen atoms in total. The number of hydrogen-bond acceptors (Lipinski definition) is 4. The molecule has 1 aromatic carbocycles. The highest BCUT2D eigenvalue weighted by Gasteiger charge is 2.07. The van der Waals surface area contributed by atoms with E-state index in [2.05, 4.69) is 52.2 Å². The molecule has 0 fully saturated rings. The van der Waals surface area contributed by atoms with E-state index in [0.717, 1.165) is 23.7 Å². The second kappa shape index (κ2) is 5.80. The van der Waals surface area contributed by atoms with Gasteiger partial charge in [0.2, 0.25) is 0 Å². The van der Waals surface area contributed by atoms with Crippen LogP contribution in [0.15, 0.2) is 30.6 Å². The maximum atomic E-state index is 4.60. The third kappa shape index (κ3) is 3.29. The molecule has 0 atom stereocenters. The Bertz CT molecular complexity index is 546. The molecule has 1 heterocycles. The molecule has 1 N–H and O–H groups in total. The van der Waals surface area contributed by atoms with Crippen molar-refractivity contribution in [1.82, 2.24) is 15.3 Å². The lowest BCUT2D eigenvalue weighted by molar-refractivity contribution is 0.783. The number of hydrogen-bond donors (Lipinski definition) is 1. The van der Waals surface area contributed by atoms with Crippen molar-refractivity contribution >= 4 is 11.5 Å². The number of aryl methyl sites for hydroxylation is 2. The largest absolute Gasteiger partial charge is 0.328 e. The first-order valence-electron chi connectivity index (χ1n) is 6.37. The summed E-state index contributed by atoms with van der Waals surface area (Å²) >= 11 is 0. The minimum absolute atomic E-state index is 0.724. The van der Waals surface area contributed by atoms with Gasteiger partial charge in [-0.2, -0.15) is 0 Å². The zero-order valence-electron chi connectivity index (χ0n) is 11.9. The van der Waals surface area contributed by atoms with E-state index in [9.17, 15) is 0 Å². The maximum Gasteiger partial charge on any atom is 0.151 e. The van der Waals surface area contributed by atoms with E-state index in [1.54, 1.807) is 12.4 Å². The molecule has 0 bridgehead atoms. The summed E-state index contributed by atoms with van der Waals surface area (Å²) in [6, 6.07) is 6.47. The van der Waals surface area contributed by atoms with Crippen LogP contribution in [0.5, 0.6) is 0 Å². The van der Waals surface area contributed by atoms with E-state index in [0.29, 0.717) is 0 Å². The molecule has 2 aromatic rings. The molecule has 2 rings (SSSR count). The molecule has 0 amide bonds. The Morgan fingerprint density at radius 2 is 1.79 bits per heavy atom. The van der Waals surface area contributed by atoms with E-state index in [-0.39, 0.29) is 0 Å². The van der Waals surface area contributed by atoms with Crippen LogP contribution in [0.1, 0.15) is 16.8 Å². The molecule has 0 unspecified atom stereocenters. The zero-order valence-corrected chi connectivity index (χ0v) is 11.9. The SMILES string of the molecule is CNCc1cncc(N(C)c2cc(C)cc(C)c2)n1. The summed E-state index contributed by atoms with van der Waals surface area (Å²) in [7, 11) is 3.92. The molecular weight excluding hydrogens is 236 g/mol. The van der Waals surface area contributed by atoms with E-state index < -0.39 is 0 Å².